The highest BCUT2D eigenvalue weighted by Gasteiger charge is 2.41. The van der Waals surface area contributed by atoms with Gasteiger partial charge in [0.15, 0.2) is 0 Å². The third-order valence-electron chi connectivity index (χ3n) is 3.39. The Morgan fingerprint density at radius 1 is 1.06 bits per heavy atom. The number of hydrogen-bond acceptors (Lipinski definition) is 3. The van der Waals surface area contributed by atoms with E-state index < -0.39 is 0 Å². The van der Waals surface area contributed by atoms with Crippen molar-refractivity contribution in [3.05, 3.63) is 30.3 Å². The van der Waals surface area contributed by atoms with Gasteiger partial charge >= 0.3 is 0 Å². The van der Waals surface area contributed by atoms with Crippen molar-refractivity contribution >= 4 is 23.6 Å². The Balaban J connectivity index is 1.88. The van der Waals surface area contributed by atoms with Crippen molar-refractivity contribution in [2.24, 2.45) is 11.8 Å². The monoisotopic (exact) mass is 263 g/mol. The molecule has 1 aliphatic rings. The van der Waals surface area contributed by atoms with E-state index in [1.807, 2.05) is 44.2 Å². The van der Waals surface area contributed by atoms with Crippen LogP contribution in [0, 0.1) is 11.8 Å². The first-order chi connectivity index (χ1) is 8.61. The number of thioether (sulfide) groups is 1. The van der Waals surface area contributed by atoms with Gasteiger partial charge in [0.05, 0.1) is 0 Å². The van der Waals surface area contributed by atoms with Gasteiger partial charge in [-0.25, -0.2) is 0 Å². The van der Waals surface area contributed by atoms with Gasteiger partial charge in [0.25, 0.3) is 0 Å². The van der Waals surface area contributed by atoms with Crippen molar-refractivity contribution in [3.63, 3.8) is 0 Å². The topological polar surface area (TPSA) is 37.4 Å². The number of likely N-dealkylation sites (tertiary alicyclic amines) is 1. The zero-order chi connectivity index (χ0) is 13.1. The van der Waals surface area contributed by atoms with Gasteiger partial charge < -0.3 is 0 Å². The Morgan fingerprint density at radius 3 is 2.17 bits per heavy atom. The van der Waals surface area contributed by atoms with Gasteiger partial charge in [0.2, 0.25) is 11.8 Å². The minimum Gasteiger partial charge on any atom is -0.281 e. The number of carbonyl (C=O) groups excluding carboxylic acids is 2. The van der Waals surface area contributed by atoms with E-state index in [0.717, 1.165) is 10.6 Å². The zero-order valence-corrected chi connectivity index (χ0v) is 11.4. The van der Waals surface area contributed by atoms with Crippen molar-refractivity contribution in [1.82, 2.24) is 4.90 Å². The molecule has 96 valence electrons. The van der Waals surface area contributed by atoms with Crippen LogP contribution in [-0.4, -0.2) is 29.0 Å². The first-order valence-electron chi connectivity index (χ1n) is 6.14. The predicted octanol–water partition coefficient (Wildman–Crippen LogP) is 2.42. The van der Waals surface area contributed by atoms with Crippen LogP contribution in [0.5, 0.6) is 0 Å². The highest BCUT2D eigenvalue weighted by Crippen LogP contribution is 2.26. The van der Waals surface area contributed by atoms with Gasteiger partial charge in [-0.2, -0.15) is 0 Å². The quantitative estimate of drug-likeness (QED) is 0.618. The van der Waals surface area contributed by atoms with Crippen LogP contribution in [0.4, 0.5) is 0 Å². The van der Waals surface area contributed by atoms with Crippen molar-refractivity contribution in [1.29, 1.82) is 0 Å². The number of rotatable bonds is 4. The normalized spacial score (nSPS) is 23.8. The molecule has 1 aliphatic heterocycles. The Kier molecular flexibility index (Phi) is 4.07. The second kappa shape index (κ2) is 5.57. The average Bonchev–Trinajstić information content (AvgIpc) is 2.57. The molecular formula is C14H17NO2S. The summed E-state index contributed by atoms with van der Waals surface area (Å²) < 4.78 is 0. The summed E-state index contributed by atoms with van der Waals surface area (Å²) in [5, 5.41) is 0. The average molecular weight is 263 g/mol. The number of benzene rings is 1. The van der Waals surface area contributed by atoms with Crippen LogP contribution in [0.1, 0.15) is 13.8 Å². The summed E-state index contributed by atoms with van der Waals surface area (Å²) in [5.74, 6) is 0.363. The Morgan fingerprint density at radius 2 is 1.61 bits per heavy atom. The molecule has 1 heterocycles. The summed E-state index contributed by atoms with van der Waals surface area (Å²) in [6.07, 6.45) is 0. The number of carbonyl (C=O) groups is 2. The molecule has 2 rings (SSSR count). The van der Waals surface area contributed by atoms with E-state index in [1.54, 1.807) is 11.8 Å². The summed E-state index contributed by atoms with van der Waals surface area (Å²) in [5.41, 5.74) is 0. The lowest BCUT2D eigenvalue weighted by atomic mass is 10.00. The van der Waals surface area contributed by atoms with E-state index in [0.29, 0.717) is 6.54 Å². The van der Waals surface area contributed by atoms with Gasteiger partial charge in [-0.15, -0.1) is 11.8 Å². The van der Waals surface area contributed by atoms with E-state index in [1.165, 1.54) is 4.90 Å². The lowest BCUT2D eigenvalue weighted by Crippen LogP contribution is -2.32. The van der Waals surface area contributed by atoms with E-state index in [2.05, 4.69) is 0 Å². The molecule has 0 N–H and O–H groups in total. The summed E-state index contributed by atoms with van der Waals surface area (Å²) in [6.45, 7) is 4.16. The lowest BCUT2D eigenvalue weighted by Gasteiger charge is -2.13. The van der Waals surface area contributed by atoms with Crippen LogP contribution < -0.4 is 0 Å². The molecule has 3 nitrogen and oxygen atoms in total. The first-order valence-corrected chi connectivity index (χ1v) is 7.13. The molecule has 1 aromatic carbocycles. The summed E-state index contributed by atoms with van der Waals surface area (Å²) in [6, 6.07) is 10.0. The van der Waals surface area contributed by atoms with E-state index in [4.69, 9.17) is 0 Å². The van der Waals surface area contributed by atoms with Crippen molar-refractivity contribution in [3.8, 4) is 0 Å². The maximum atomic E-state index is 11.9. The maximum Gasteiger partial charge on any atom is 0.232 e. The van der Waals surface area contributed by atoms with E-state index in [9.17, 15) is 9.59 Å². The molecule has 4 heteroatoms. The number of imide groups is 1. The fraction of sp³-hybridized carbons (Fsp3) is 0.429. The summed E-state index contributed by atoms with van der Waals surface area (Å²) >= 11 is 1.67. The smallest absolute Gasteiger partial charge is 0.232 e. The predicted molar refractivity (Wildman–Crippen MR) is 72.2 cm³/mol. The maximum absolute atomic E-state index is 11.9. The second-order valence-corrected chi connectivity index (χ2v) is 5.74. The highest BCUT2D eigenvalue weighted by atomic mass is 32.2. The van der Waals surface area contributed by atoms with Gasteiger partial charge in [0.1, 0.15) is 0 Å². The largest absolute Gasteiger partial charge is 0.281 e. The van der Waals surface area contributed by atoms with Crippen LogP contribution in [0.2, 0.25) is 0 Å². The minimum absolute atomic E-state index is 0.0267. The standard InChI is InChI=1S/C14H17NO2S/c1-10-11(2)14(17)15(13(10)16)8-9-18-12-6-4-3-5-7-12/h3-7,10-11H,8-9H2,1-2H3. The van der Waals surface area contributed by atoms with Crippen LogP contribution in [0.3, 0.4) is 0 Å². The van der Waals surface area contributed by atoms with E-state index >= 15 is 0 Å². The Bertz CT molecular complexity index is 426. The number of hydrogen-bond donors (Lipinski definition) is 0. The van der Waals surface area contributed by atoms with Crippen LogP contribution in [0.25, 0.3) is 0 Å². The fourth-order valence-corrected chi connectivity index (χ4v) is 2.88. The molecule has 0 radical (unpaired) electrons. The molecule has 2 unspecified atom stereocenters. The fourth-order valence-electron chi connectivity index (χ4n) is 2.02. The molecule has 18 heavy (non-hydrogen) atoms. The molecule has 1 fully saturated rings. The summed E-state index contributed by atoms with van der Waals surface area (Å²) in [4.78, 5) is 26.3. The summed E-state index contributed by atoms with van der Waals surface area (Å²) in [7, 11) is 0. The molecule has 1 saturated heterocycles. The number of amides is 2. The second-order valence-electron chi connectivity index (χ2n) is 4.57. The molecule has 0 saturated carbocycles. The van der Waals surface area contributed by atoms with E-state index in [-0.39, 0.29) is 23.7 Å². The molecule has 2 amide bonds. The minimum atomic E-state index is -0.167. The molecule has 0 spiro atoms. The highest BCUT2D eigenvalue weighted by molar-refractivity contribution is 7.99. The SMILES string of the molecule is CC1C(=O)N(CCSc2ccccc2)C(=O)C1C. The molecule has 0 aliphatic carbocycles. The zero-order valence-electron chi connectivity index (χ0n) is 10.6. The molecule has 0 bridgehead atoms. The van der Waals surface area contributed by atoms with Crippen molar-refractivity contribution < 1.29 is 9.59 Å². The Hall–Kier alpha value is -1.29. The van der Waals surface area contributed by atoms with Gasteiger partial charge in [-0.05, 0) is 12.1 Å². The third kappa shape index (κ3) is 2.58. The van der Waals surface area contributed by atoms with Gasteiger partial charge in [-0.1, -0.05) is 32.0 Å². The third-order valence-corrected chi connectivity index (χ3v) is 4.38. The van der Waals surface area contributed by atoms with Gasteiger partial charge in [0, 0.05) is 29.0 Å². The molecule has 0 aromatic heterocycles. The van der Waals surface area contributed by atoms with Gasteiger partial charge in [-0.3, -0.25) is 14.5 Å². The molecule has 2 atom stereocenters. The number of nitrogens with zero attached hydrogens (tertiary/aromatic N) is 1. The van der Waals surface area contributed by atoms with Crippen LogP contribution >= 0.6 is 11.8 Å². The first kappa shape index (κ1) is 13.1. The van der Waals surface area contributed by atoms with Crippen LogP contribution in [-0.2, 0) is 9.59 Å². The van der Waals surface area contributed by atoms with Crippen molar-refractivity contribution in [2.75, 3.05) is 12.3 Å². The molecule has 1 aromatic rings. The molecular weight excluding hydrogens is 246 g/mol. The Labute approximate surface area is 112 Å². The van der Waals surface area contributed by atoms with Crippen molar-refractivity contribution in [2.45, 2.75) is 18.7 Å². The van der Waals surface area contributed by atoms with Crippen LogP contribution in [0.15, 0.2) is 35.2 Å². The lowest BCUT2D eigenvalue weighted by molar-refractivity contribution is -0.139.